The van der Waals surface area contributed by atoms with E-state index in [0.717, 1.165) is 5.56 Å². The Bertz CT molecular complexity index is 612. The maximum atomic E-state index is 12.2. The van der Waals surface area contributed by atoms with Gasteiger partial charge in [-0.3, -0.25) is 14.4 Å². The van der Waals surface area contributed by atoms with Crippen molar-refractivity contribution in [3.8, 4) is 0 Å². The van der Waals surface area contributed by atoms with Crippen molar-refractivity contribution in [3.05, 3.63) is 35.4 Å². The average molecular weight is 318 g/mol. The van der Waals surface area contributed by atoms with Crippen molar-refractivity contribution < 1.29 is 19.5 Å². The molecule has 6 nitrogen and oxygen atoms in total. The second-order valence-electron chi connectivity index (χ2n) is 6.29. The zero-order valence-corrected chi connectivity index (χ0v) is 13.4. The van der Waals surface area contributed by atoms with Gasteiger partial charge in [-0.15, -0.1) is 0 Å². The quantitative estimate of drug-likeness (QED) is 0.798. The van der Waals surface area contributed by atoms with Gasteiger partial charge in [-0.05, 0) is 24.0 Å². The molecule has 0 saturated carbocycles. The van der Waals surface area contributed by atoms with E-state index in [1.54, 1.807) is 12.1 Å². The van der Waals surface area contributed by atoms with E-state index in [-0.39, 0.29) is 30.8 Å². The lowest BCUT2D eigenvalue weighted by atomic mass is 9.97. The van der Waals surface area contributed by atoms with Crippen molar-refractivity contribution in [1.82, 2.24) is 10.2 Å². The number of aliphatic carboxylic acids is 1. The molecule has 2 amide bonds. The zero-order valence-electron chi connectivity index (χ0n) is 13.4. The van der Waals surface area contributed by atoms with Crippen molar-refractivity contribution >= 4 is 17.8 Å². The minimum atomic E-state index is -0.913. The van der Waals surface area contributed by atoms with Crippen molar-refractivity contribution in [2.75, 3.05) is 13.1 Å². The number of carboxylic acids is 1. The SMILES string of the molecule is CC(C)CC(CNC(=O)CN1Cc2ccccc2C1=O)C(=O)O. The number of fused-ring (bicyclic) bond motifs is 1. The molecule has 1 atom stereocenters. The number of carbonyl (C=O) groups excluding carboxylic acids is 2. The molecule has 0 bridgehead atoms. The highest BCUT2D eigenvalue weighted by Gasteiger charge is 2.28. The topological polar surface area (TPSA) is 86.7 Å². The highest BCUT2D eigenvalue weighted by molar-refractivity contribution is 6.00. The summed E-state index contributed by atoms with van der Waals surface area (Å²) in [5.74, 6) is -1.77. The second-order valence-corrected chi connectivity index (χ2v) is 6.29. The molecule has 1 aromatic carbocycles. The maximum Gasteiger partial charge on any atom is 0.308 e. The van der Waals surface area contributed by atoms with Crippen LogP contribution in [0.1, 0.15) is 36.2 Å². The smallest absolute Gasteiger partial charge is 0.308 e. The largest absolute Gasteiger partial charge is 0.481 e. The van der Waals surface area contributed by atoms with Crippen molar-refractivity contribution in [3.63, 3.8) is 0 Å². The fourth-order valence-corrected chi connectivity index (χ4v) is 2.75. The average Bonchev–Trinajstić information content (AvgIpc) is 2.80. The number of carboxylic acid groups (broad SMARTS) is 1. The standard InChI is InChI=1S/C17H22N2O4/c1-11(2)7-13(17(22)23)8-18-15(20)10-19-9-12-5-3-4-6-14(12)16(19)21/h3-6,11,13H,7-10H2,1-2H3,(H,18,20)(H,22,23). The Kier molecular flexibility index (Phi) is 5.36. The summed E-state index contributed by atoms with van der Waals surface area (Å²) in [6.07, 6.45) is 0.504. The van der Waals surface area contributed by atoms with Crippen LogP contribution in [-0.2, 0) is 16.1 Å². The summed E-state index contributed by atoms with van der Waals surface area (Å²) in [5, 5.41) is 11.8. The molecule has 1 aromatic rings. The zero-order chi connectivity index (χ0) is 17.0. The highest BCUT2D eigenvalue weighted by atomic mass is 16.4. The second kappa shape index (κ2) is 7.26. The van der Waals surface area contributed by atoms with Crippen LogP contribution in [0.3, 0.4) is 0 Å². The number of hydrogen-bond donors (Lipinski definition) is 2. The fraction of sp³-hybridized carbons (Fsp3) is 0.471. The molecule has 0 aliphatic carbocycles. The lowest BCUT2D eigenvalue weighted by Gasteiger charge is -2.18. The van der Waals surface area contributed by atoms with Gasteiger partial charge in [0, 0.05) is 18.7 Å². The minimum absolute atomic E-state index is 0.0540. The van der Waals surface area contributed by atoms with E-state index in [2.05, 4.69) is 5.32 Å². The van der Waals surface area contributed by atoms with Crippen LogP contribution in [0.2, 0.25) is 0 Å². The maximum absolute atomic E-state index is 12.2. The third-order valence-electron chi connectivity index (χ3n) is 3.88. The molecule has 124 valence electrons. The van der Waals surface area contributed by atoms with Gasteiger partial charge >= 0.3 is 5.97 Å². The molecule has 6 heteroatoms. The van der Waals surface area contributed by atoms with Crippen LogP contribution in [0.25, 0.3) is 0 Å². The van der Waals surface area contributed by atoms with Gasteiger partial charge in [0.15, 0.2) is 0 Å². The molecular formula is C17H22N2O4. The first kappa shape index (κ1) is 17.0. The van der Waals surface area contributed by atoms with Crippen LogP contribution < -0.4 is 5.32 Å². The summed E-state index contributed by atoms with van der Waals surface area (Å²) < 4.78 is 0. The lowest BCUT2D eigenvalue weighted by Crippen LogP contribution is -2.40. The first-order valence-corrected chi connectivity index (χ1v) is 7.75. The Morgan fingerprint density at radius 2 is 2.00 bits per heavy atom. The van der Waals surface area contributed by atoms with Crippen molar-refractivity contribution in [1.29, 1.82) is 0 Å². The van der Waals surface area contributed by atoms with Gasteiger partial charge in [0.1, 0.15) is 6.54 Å². The van der Waals surface area contributed by atoms with Gasteiger partial charge in [0.25, 0.3) is 5.91 Å². The van der Waals surface area contributed by atoms with Crippen LogP contribution in [0.4, 0.5) is 0 Å². The highest BCUT2D eigenvalue weighted by Crippen LogP contribution is 2.21. The summed E-state index contributed by atoms with van der Waals surface area (Å²) in [6, 6.07) is 7.27. The van der Waals surface area contributed by atoms with E-state index in [4.69, 9.17) is 5.11 Å². The number of benzene rings is 1. The number of nitrogens with one attached hydrogen (secondary N) is 1. The first-order valence-electron chi connectivity index (χ1n) is 7.75. The van der Waals surface area contributed by atoms with Gasteiger partial charge < -0.3 is 15.3 Å². The van der Waals surface area contributed by atoms with Gasteiger partial charge in [-0.1, -0.05) is 32.0 Å². The van der Waals surface area contributed by atoms with E-state index in [1.807, 2.05) is 26.0 Å². The number of rotatable bonds is 7. The molecule has 0 aromatic heterocycles. The minimum Gasteiger partial charge on any atom is -0.481 e. The summed E-state index contributed by atoms with van der Waals surface area (Å²) in [5.41, 5.74) is 1.54. The third-order valence-corrected chi connectivity index (χ3v) is 3.88. The van der Waals surface area contributed by atoms with Crippen molar-refractivity contribution in [2.45, 2.75) is 26.8 Å². The molecular weight excluding hydrogens is 296 g/mol. The van der Waals surface area contributed by atoms with E-state index >= 15 is 0 Å². The van der Waals surface area contributed by atoms with Crippen molar-refractivity contribution in [2.24, 2.45) is 11.8 Å². The third kappa shape index (κ3) is 4.31. The van der Waals surface area contributed by atoms with E-state index in [0.29, 0.717) is 18.5 Å². The molecule has 1 heterocycles. The molecule has 2 rings (SSSR count). The lowest BCUT2D eigenvalue weighted by molar-refractivity contribution is -0.142. The Hall–Kier alpha value is -2.37. The Labute approximate surface area is 135 Å². The summed E-state index contributed by atoms with van der Waals surface area (Å²) in [4.78, 5) is 36.8. The van der Waals surface area contributed by atoms with E-state index < -0.39 is 11.9 Å². The van der Waals surface area contributed by atoms with Gasteiger partial charge in [0.2, 0.25) is 5.91 Å². The molecule has 0 radical (unpaired) electrons. The van der Waals surface area contributed by atoms with E-state index in [9.17, 15) is 14.4 Å². The fourth-order valence-electron chi connectivity index (χ4n) is 2.75. The van der Waals surface area contributed by atoms with Crippen LogP contribution in [0.15, 0.2) is 24.3 Å². The molecule has 0 spiro atoms. The monoisotopic (exact) mass is 318 g/mol. The van der Waals surface area contributed by atoms with Crippen LogP contribution in [0.5, 0.6) is 0 Å². The molecule has 1 aliphatic rings. The Morgan fingerprint density at radius 3 is 2.61 bits per heavy atom. The number of hydrogen-bond acceptors (Lipinski definition) is 3. The van der Waals surface area contributed by atoms with Gasteiger partial charge in [-0.2, -0.15) is 0 Å². The van der Waals surface area contributed by atoms with Gasteiger partial charge in [-0.25, -0.2) is 0 Å². The number of amides is 2. The van der Waals surface area contributed by atoms with Crippen LogP contribution >= 0.6 is 0 Å². The Balaban J connectivity index is 1.86. The summed E-state index contributed by atoms with van der Waals surface area (Å²) in [6.45, 7) is 4.33. The number of carbonyl (C=O) groups is 3. The molecule has 2 N–H and O–H groups in total. The Morgan fingerprint density at radius 1 is 1.30 bits per heavy atom. The molecule has 1 aliphatic heterocycles. The molecule has 0 fully saturated rings. The number of nitrogens with zero attached hydrogens (tertiary/aromatic N) is 1. The van der Waals surface area contributed by atoms with Crippen LogP contribution in [-0.4, -0.2) is 40.9 Å². The predicted octanol–water partition coefficient (Wildman–Crippen LogP) is 1.51. The van der Waals surface area contributed by atoms with Gasteiger partial charge in [0.05, 0.1) is 5.92 Å². The van der Waals surface area contributed by atoms with E-state index in [1.165, 1.54) is 4.90 Å². The summed E-state index contributed by atoms with van der Waals surface area (Å²) in [7, 11) is 0. The molecule has 1 unspecified atom stereocenters. The predicted molar refractivity (Wildman–Crippen MR) is 84.8 cm³/mol. The first-order chi connectivity index (χ1) is 10.9. The van der Waals surface area contributed by atoms with Crippen LogP contribution in [0, 0.1) is 11.8 Å². The summed E-state index contributed by atoms with van der Waals surface area (Å²) >= 11 is 0. The normalized spacial score (nSPS) is 14.7. The molecule has 23 heavy (non-hydrogen) atoms. The molecule has 0 saturated heterocycles.